The van der Waals surface area contributed by atoms with Crippen molar-refractivity contribution in [2.24, 2.45) is 0 Å². The SMILES string of the molecule is CC1=C2OCCOC2=C(C)S1(=O)=O. The van der Waals surface area contributed by atoms with E-state index < -0.39 is 9.84 Å². The second-order valence-corrected chi connectivity index (χ2v) is 5.20. The fraction of sp³-hybridized carbons (Fsp3) is 0.500. The van der Waals surface area contributed by atoms with Gasteiger partial charge in [0, 0.05) is 0 Å². The summed E-state index contributed by atoms with van der Waals surface area (Å²) in [6, 6.07) is 0. The lowest BCUT2D eigenvalue weighted by molar-refractivity contribution is 0.0591. The van der Waals surface area contributed by atoms with Gasteiger partial charge in [-0.15, -0.1) is 0 Å². The minimum absolute atomic E-state index is 0.264. The molecule has 4 nitrogen and oxygen atoms in total. The van der Waals surface area contributed by atoms with E-state index in [1.807, 2.05) is 0 Å². The van der Waals surface area contributed by atoms with E-state index in [2.05, 4.69) is 0 Å². The van der Waals surface area contributed by atoms with Gasteiger partial charge in [0.15, 0.2) is 11.5 Å². The summed E-state index contributed by atoms with van der Waals surface area (Å²) >= 11 is 0. The lowest BCUT2D eigenvalue weighted by Gasteiger charge is -2.18. The maximum absolute atomic E-state index is 11.6. The van der Waals surface area contributed by atoms with E-state index in [0.29, 0.717) is 24.7 Å². The molecule has 5 heteroatoms. The van der Waals surface area contributed by atoms with Gasteiger partial charge < -0.3 is 9.47 Å². The molecular weight excluding hydrogens is 192 g/mol. The molecule has 0 aliphatic carbocycles. The molecule has 0 radical (unpaired) electrons. The van der Waals surface area contributed by atoms with E-state index in [9.17, 15) is 8.42 Å². The summed E-state index contributed by atoms with van der Waals surface area (Å²) in [5, 5.41) is 0. The average Bonchev–Trinajstić information content (AvgIpc) is 2.30. The van der Waals surface area contributed by atoms with Crippen LogP contribution in [0.5, 0.6) is 0 Å². The summed E-state index contributed by atoms with van der Waals surface area (Å²) in [6.45, 7) is 3.91. The molecule has 0 aromatic rings. The number of fused-ring (bicyclic) bond motifs is 1. The molecule has 0 spiro atoms. The van der Waals surface area contributed by atoms with Gasteiger partial charge in [0.25, 0.3) is 0 Å². The Morgan fingerprint density at radius 2 is 1.38 bits per heavy atom. The lowest BCUT2D eigenvalue weighted by Crippen LogP contribution is -2.13. The maximum atomic E-state index is 11.6. The van der Waals surface area contributed by atoms with E-state index in [1.54, 1.807) is 0 Å². The predicted octanol–water partition coefficient (Wildman–Crippen LogP) is 0.925. The second kappa shape index (κ2) is 2.51. The van der Waals surface area contributed by atoms with E-state index >= 15 is 0 Å². The zero-order chi connectivity index (χ0) is 9.64. The molecule has 1 fully saturated rings. The van der Waals surface area contributed by atoms with Crippen LogP contribution in [-0.4, -0.2) is 21.6 Å². The molecule has 2 aliphatic rings. The van der Waals surface area contributed by atoms with E-state index in [1.165, 1.54) is 13.8 Å². The second-order valence-electron chi connectivity index (χ2n) is 2.97. The molecular formula is C8H10O4S. The Balaban J connectivity index is 2.65. The molecule has 0 saturated carbocycles. The van der Waals surface area contributed by atoms with Crippen molar-refractivity contribution in [3.8, 4) is 0 Å². The van der Waals surface area contributed by atoms with Crippen LogP contribution in [0.1, 0.15) is 13.8 Å². The van der Waals surface area contributed by atoms with Crippen molar-refractivity contribution in [1.82, 2.24) is 0 Å². The zero-order valence-electron chi connectivity index (χ0n) is 7.46. The van der Waals surface area contributed by atoms with Gasteiger partial charge in [-0.2, -0.15) is 0 Å². The molecule has 2 aliphatic heterocycles. The van der Waals surface area contributed by atoms with Crippen LogP contribution in [0, 0.1) is 0 Å². The van der Waals surface area contributed by atoms with Crippen molar-refractivity contribution in [3.63, 3.8) is 0 Å². The normalized spacial score (nSPS) is 25.4. The molecule has 0 N–H and O–H groups in total. The van der Waals surface area contributed by atoms with Gasteiger partial charge in [-0.3, -0.25) is 0 Å². The van der Waals surface area contributed by atoms with Crippen molar-refractivity contribution in [3.05, 3.63) is 21.3 Å². The summed E-state index contributed by atoms with van der Waals surface area (Å²) in [6.07, 6.45) is 0. The molecule has 0 unspecified atom stereocenters. The van der Waals surface area contributed by atoms with Gasteiger partial charge in [0.05, 0.1) is 9.81 Å². The highest BCUT2D eigenvalue weighted by molar-refractivity contribution is 7.99. The average molecular weight is 202 g/mol. The minimum atomic E-state index is -3.28. The number of rotatable bonds is 0. The Bertz CT molecular complexity index is 379. The van der Waals surface area contributed by atoms with Gasteiger partial charge in [-0.1, -0.05) is 0 Å². The summed E-state index contributed by atoms with van der Waals surface area (Å²) < 4.78 is 33.6. The first-order valence-electron chi connectivity index (χ1n) is 3.98. The predicted molar refractivity (Wildman–Crippen MR) is 46.2 cm³/mol. The Hall–Kier alpha value is -0.970. The minimum Gasteiger partial charge on any atom is -0.485 e. The van der Waals surface area contributed by atoms with Crippen molar-refractivity contribution >= 4 is 9.84 Å². The van der Waals surface area contributed by atoms with E-state index in [-0.39, 0.29) is 9.81 Å². The lowest BCUT2D eigenvalue weighted by atomic mass is 10.3. The Morgan fingerprint density at radius 3 is 1.77 bits per heavy atom. The topological polar surface area (TPSA) is 52.6 Å². The summed E-state index contributed by atoms with van der Waals surface area (Å²) in [4.78, 5) is 0.527. The Labute approximate surface area is 76.8 Å². The van der Waals surface area contributed by atoms with Crippen LogP contribution in [0.2, 0.25) is 0 Å². The standard InChI is InChI=1S/C8H10O4S/c1-5-7-8(12-4-3-11-7)6(2)13(5,9)10/h3-4H2,1-2H3. The molecule has 0 aromatic carbocycles. The van der Waals surface area contributed by atoms with Gasteiger partial charge >= 0.3 is 0 Å². The van der Waals surface area contributed by atoms with Crippen LogP contribution < -0.4 is 0 Å². The first-order valence-corrected chi connectivity index (χ1v) is 5.46. The highest BCUT2D eigenvalue weighted by atomic mass is 32.2. The monoisotopic (exact) mass is 202 g/mol. The van der Waals surface area contributed by atoms with E-state index in [0.717, 1.165) is 0 Å². The molecule has 0 atom stereocenters. The molecule has 1 saturated heterocycles. The van der Waals surface area contributed by atoms with Crippen LogP contribution in [0.15, 0.2) is 21.3 Å². The van der Waals surface area contributed by atoms with Crippen molar-refractivity contribution in [2.75, 3.05) is 13.2 Å². The molecule has 72 valence electrons. The van der Waals surface area contributed by atoms with Crippen molar-refractivity contribution in [1.29, 1.82) is 0 Å². The molecule has 0 bridgehead atoms. The van der Waals surface area contributed by atoms with Gasteiger partial charge in [-0.05, 0) is 13.8 Å². The van der Waals surface area contributed by atoms with Crippen LogP contribution in [0.4, 0.5) is 0 Å². The van der Waals surface area contributed by atoms with Gasteiger partial charge in [0.2, 0.25) is 9.84 Å². The summed E-state index contributed by atoms with van der Waals surface area (Å²) in [5.41, 5.74) is 0. The largest absolute Gasteiger partial charge is 0.485 e. The smallest absolute Gasteiger partial charge is 0.205 e. The van der Waals surface area contributed by atoms with Gasteiger partial charge in [-0.25, -0.2) is 8.42 Å². The molecule has 2 rings (SSSR count). The van der Waals surface area contributed by atoms with Crippen LogP contribution in [0.25, 0.3) is 0 Å². The number of hydrogen-bond acceptors (Lipinski definition) is 4. The molecule has 2 heterocycles. The Kier molecular flexibility index (Phi) is 1.66. The quantitative estimate of drug-likeness (QED) is 0.586. The zero-order valence-corrected chi connectivity index (χ0v) is 8.27. The van der Waals surface area contributed by atoms with Crippen molar-refractivity contribution in [2.45, 2.75) is 13.8 Å². The van der Waals surface area contributed by atoms with E-state index in [4.69, 9.17) is 9.47 Å². The number of allylic oxidation sites excluding steroid dienone is 2. The fourth-order valence-corrected chi connectivity index (χ4v) is 2.67. The third-order valence-corrected chi connectivity index (χ3v) is 4.21. The summed E-state index contributed by atoms with van der Waals surface area (Å²) in [5.74, 6) is 0.785. The maximum Gasteiger partial charge on any atom is 0.205 e. The summed E-state index contributed by atoms with van der Waals surface area (Å²) in [7, 11) is -3.28. The molecule has 0 aromatic heterocycles. The van der Waals surface area contributed by atoms with Crippen LogP contribution >= 0.6 is 0 Å². The van der Waals surface area contributed by atoms with Gasteiger partial charge in [0.1, 0.15) is 13.2 Å². The van der Waals surface area contributed by atoms with Crippen LogP contribution in [-0.2, 0) is 19.3 Å². The number of sulfone groups is 1. The third kappa shape index (κ3) is 0.997. The highest BCUT2D eigenvalue weighted by Gasteiger charge is 2.37. The van der Waals surface area contributed by atoms with Crippen molar-refractivity contribution < 1.29 is 17.9 Å². The first-order chi connectivity index (χ1) is 6.05. The molecule has 13 heavy (non-hydrogen) atoms. The third-order valence-electron chi connectivity index (χ3n) is 2.23. The fourth-order valence-electron chi connectivity index (χ4n) is 1.42. The number of ether oxygens (including phenoxy) is 2. The first kappa shape index (κ1) is 8.62. The van der Waals surface area contributed by atoms with Crippen LogP contribution in [0.3, 0.4) is 0 Å². The highest BCUT2D eigenvalue weighted by Crippen LogP contribution is 2.37. The number of hydrogen-bond donors (Lipinski definition) is 0. The Morgan fingerprint density at radius 1 is 1.00 bits per heavy atom. The molecule has 0 amide bonds.